The van der Waals surface area contributed by atoms with Gasteiger partial charge in [0.1, 0.15) is 5.82 Å². The van der Waals surface area contributed by atoms with Gasteiger partial charge in [0, 0.05) is 18.0 Å². The first-order valence-electron chi connectivity index (χ1n) is 5.53. The van der Waals surface area contributed by atoms with E-state index in [1.165, 1.54) is 16.8 Å². The van der Waals surface area contributed by atoms with Gasteiger partial charge in [-0.25, -0.2) is 22.7 Å². The molecule has 2 aromatic heterocycles. The van der Waals surface area contributed by atoms with E-state index in [2.05, 4.69) is 10.1 Å². The summed E-state index contributed by atoms with van der Waals surface area (Å²) >= 11 is 0. The van der Waals surface area contributed by atoms with Gasteiger partial charge in [0.2, 0.25) is 0 Å². The molecule has 6 heteroatoms. The van der Waals surface area contributed by atoms with E-state index in [4.69, 9.17) is 0 Å². The van der Waals surface area contributed by atoms with Crippen LogP contribution in [0.1, 0.15) is 12.0 Å². The number of hydrogen-bond donors (Lipinski definition) is 0. The van der Waals surface area contributed by atoms with Crippen molar-refractivity contribution in [3.8, 4) is 11.1 Å². The van der Waals surface area contributed by atoms with Crippen molar-refractivity contribution in [3.63, 3.8) is 0 Å². The first-order valence-corrected chi connectivity index (χ1v) is 5.53. The van der Waals surface area contributed by atoms with Crippen molar-refractivity contribution in [1.82, 2.24) is 14.6 Å². The third kappa shape index (κ3) is 1.95. The molecule has 0 saturated carbocycles. The number of rotatable bonds is 2. The normalized spacial score (nSPS) is 11.4. The smallest absolute Gasteiger partial charge is 0.236 e. The van der Waals surface area contributed by atoms with Crippen LogP contribution in [0.5, 0.6) is 0 Å². The molecule has 0 saturated heterocycles. The van der Waals surface area contributed by atoms with Gasteiger partial charge in [0.15, 0.2) is 5.65 Å². The van der Waals surface area contributed by atoms with Gasteiger partial charge in [0.05, 0.1) is 11.8 Å². The van der Waals surface area contributed by atoms with Crippen LogP contribution in [0.25, 0.3) is 16.8 Å². The van der Waals surface area contributed by atoms with Gasteiger partial charge in [0.25, 0.3) is 6.43 Å². The Labute approximate surface area is 106 Å². The fourth-order valence-electron chi connectivity index (χ4n) is 1.90. The Hall–Kier alpha value is -2.37. The Morgan fingerprint density at radius 2 is 2.05 bits per heavy atom. The predicted molar refractivity (Wildman–Crippen MR) is 63.3 cm³/mol. The third-order valence-corrected chi connectivity index (χ3v) is 2.83. The molecule has 0 N–H and O–H groups in total. The lowest BCUT2D eigenvalue weighted by Crippen LogP contribution is -1.92. The number of hydrogen-bond acceptors (Lipinski definition) is 2. The standard InChI is InChI=1S/C13H8F3N3/c14-11-6-8(2-3-9(11)12(15)16)10-7-18-19-5-1-4-17-13(10)19/h1-7,12H. The molecule has 0 amide bonds. The van der Waals surface area contributed by atoms with Gasteiger partial charge in [-0.15, -0.1) is 0 Å². The molecule has 0 bridgehead atoms. The van der Waals surface area contributed by atoms with Crippen molar-refractivity contribution in [2.75, 3.05) is 0 Å². The summed E-state index contributed by atoms with van der Waals surface area (Å²) in [6.07, 6.45) is 2.00. The Morgan fingerprint density at radius 1 is 1.21 bits per heavy atom. The lowest BCUT2D eigenvalue weighted by molar-refractivity contribution is 0.146. The van der Waals surface area contributed by atoms with Gasteiger partial charge in [-0.1, -0.05) is 6.07 Å². The molecule has 0 spiro atoms. The maximum atomic E-state index is 13.6. The number of fused-ring (bicyclic) bond motifs is 1. The minimum Gasteiger partial charge on any atom is -0.236 e. The van der Waals surface area contributed by atoms with E-state index in [0.717, 1.165) is 12.1 Å². The zero-order chi connectivity index (χ0) is 13.4. The number of halogens is 3. The van der Waals surface area contributed by atoms with Crippen molar-refractivity contribution in [2.45, 2.75) is 6.43 Å². The van der Waals surface area contributed by atoms with Crippen LogP contribution in [-0.4, -0.2) is 14.6 Å². The lowest BCUT2D eigenvalue weighted by atomic mass is 10.1. The van der Waals surface area contributed by atoms with Crippen molar-refractivity contribution >= 4 is 5.65 Å². The van der Waals surface area contributed by atoms with Crippen LogP contribution >= 0.6 is 0 Å². The van der Waals surface area contributed by atoms with Crippen LogP contribution in [-0.2, 0) is 0 Å². The summed E-state index contributed by atoms with van der Waals surface area (Å²) in [4.78, 5) is 4.13. The molecule has 96 valence electrons. The van der Waals surface area contributed by atoms with Crippen LogP contribution in [0.15, 0.2) is 42.9 Å². The van der Waals surface area contributed by atoms with Crippen molar-refractivity contribution in [2.24, 2.45) is 0 Å². The molecule has 0 aliphatic rings. The van der Waals surface area contributed by atoms with Crippen molar-refractivity contribution in [3.05, 3.63) is 54.2 Å². The van der Waals surface area contributed by atoms with Crippen molar-refractivity contribution < 1.29 is 13.2 Å². The summed E-state index contributed by atoms with van der Waals surface area (Å²) in [6.45, 7) is 0. The third-order valence-electron chi connectivity index (χ3n) is 2.83. The zero-order valence-electron chi connectivity index (χ0n) is 9.59. The molecule has 3 nitrogen and oxygen atoms in total. The highest BCUT2D eigenvalue weighted by Crippen LogP contribution is 2.28. The first-order chi connectivity index (χ1) is 9.16. The summed E-state index contributed by atoms with van der Waals surface area (Å²) in [5.74, 6) is -0.928. The van der Waals surface area contributed by atoms with Gasteiger partial charge < -0.3 is 0 Å². The minimum absolute atomic E-state index is 0.468. The minimum atomic E-state index is -2.82. The van der Waals surface area contributed by atoms with Gasteiger partial charge in [-0.05, 0) is 23.8 Å². The van der Waals surface area contributed by atoms with E-state index in [1.807, 2.05) is 0 Å². The van der Waals surface area contributed by atoms with E-state index < -0.39 is 17.8 Å². The zero-order valence-corrected chi connectivity index (χ0v) is 9.59. The second-order valence-corrected chi connectivity index (χ2v) is 3.98. The highest BCUT2D eigenvalue weighted by molar-refractivity contribution is 5.76. The van der Waals surface area contributed by atoms with Gasteiger partial charge in [-0.3, -0.25) is 0 Å². The van der Waals surface area contributed by atoms with Crippen LogP contribution < -0.4 is 0 Å². The molecule has 0 atom stereocenters. The number of alkyl halides is 2. The quantitative estimate of drug-likeness (QED) is 0.708. The molecule has 0 fully saturated rings. The molecular weight excluding hydrogens is 255 g/mol. The summed E-state index contributed by atoms with van der Waals surface area (Å²) < 4.78 is 40.1. The van der Waals surface area contributed by atoms with Crippen LogP contribution in [0.4, 0.5) is 13.2 Å². The second-order valence-electron chi connectivity index (χ2n) is 3.98. The molecule has 0 aliphatic carbocycles. The molecule has 3 rings (SSSR count). The topological polar surface area (TPSA) is 30.2 Å². The molecule has 19 heavy (non-hydrogen) atoms. The SMILES string of the molecule is Fc1cc(-c2cnn3cccnc23)ccc1C(F)F. The summed E-state index contributed by atoms with van der Waals surface area (Å²) in [6, 6.07) is 5.31. The number of nitrogens with zero attached hydrogens (tertiary/aromatic N) is 3. The average molecular weight is 263 g/mol. The largest absolute Gasteiger partial charge is 0.266 e. The Morgan fingerprint density at radius 3 is 2.79 bits per heavy atom. The van der Waals surface area contributed by atoms with E-state index in [9.17, 15) is 13.2 Å². The van der Waals surface area contributed by atoms with E-state index in [1.54, 1.807) is 18.5 Å². The van der Waals surface area contributed by atoms with Crippen molar-refractivity contribution in [1.29, 1.82) is 0 Å². The fraction of sp³-hybridized carbons (Fsp3) is 0.0769. The van der Waals surface area contributed by atoms with Crippen LogP contribution in [0, 0.1) is 5.82 Å². The Bertz CT molecular complexity index is 737. The predicted octanol–water partition coefficient (Wildman–Crippen LogP) is 3.47. The van der Waals surface area contributed by atoms with E-state index in [0.29, 0.717) is 16.8 Å². The molecule has 0 radical (unpaired) electrons. The fourth-order valence-corrected chi connectivity index (χ4v) is 1.90. The second kappa shape index (κ2) is 4.38. The van der Waals surface area contributed by atoms with Gasteiger partial charge in [-0.2, -0.15) is 5.10 Å². The molecular formula is C13H8F3N3. The van der Waals surface area contributed by atoms with Gasteiger partial charge >= 0.3 is 0 Å². The molecule has 1 aromatic carbocycles. The monoisotopic (exact) mass is 263 g/mol. The van der Waals surface area contributed by atoms with E-state index >= 15 is 0 Å². The van der Waals surface area contributed by atoms with E-state index in [-0.39, 0.29) is 0 Å². The number of benzene rings is 1. The average Bonchev–Trinajstić information content (AvgIpc) is 2.82. The number of aromatic nitrogens is 3. The van der Waals surface area contributed by atoms with Crippen LogP contribution in [0.3, 0.4) is 0 Å². The highest BCUT2D eigenvalue weighted by Gasteiger charge is 2.15. The molecule has 2 heterocycles. The Balaban J connectivity index is 2.14. The maximum Gasteiger partial charge on any atom is 0.266 e. The summed E-state index contributed by atoms with van der Waals surface area (Å²) in [5.41, 5.74) is 1.01. The molecule has 0 aliphatic heterocycles. The summed E-state index contributed by atoms with van der Waals surface area (Å²) in [5, 5.41) is 4.07. The van der Waals surface area contributed by atoms with Crippen LogP contribution in [0.2, 0.25) is 0 Å². The molecule has 3 aromatic rings. The Kier molecular flexibility index (Phi) is 2.70. The summed E-state index contributed by atoms with van der Waals surface area (Å²) in [7, 11) is 0. The first kappa shape index (κ1) is 11.7. The maximum absolute atomic E-state index is 13.6. The lowest BCUT2D eigenvalue weighted by Gasteiger charge is -2.04. The molecule has 0 unspecified atom stereocenters. The highest BCUT2D eigenvalue weighted by atomic mass is 19.3.